The van der Waals surface area contributed by atoms with Gasteiger partial charge < -0.3 is 39.3 Å². The molecular formula is C31H46N2O7. The molecule has 0 amide bonds. The minimum Gasteiger partial charge on any atom is -0.507 e. The van der Waals surface area contributed by atoms with Crippen molar-refractivity contribution in [1.82, 2.24) is 9.80 Å². The van der Waals surface area contributed by atoms with Gasteiger partial charge in [0.2, 0.25) is 0 Å². The van der Waals surface area contributed by atoms with Crippen LogP contribution in [0.5, 0.6) is 23.0 Å². The van der Waals surface area contributed by atoms with Crippen LogP contribution in [0, 0.1) is 13.8 Å². The van der Waals surface area contributed by atoms with Gasteiger partial charge in [-0.15, -0.1) is 0 Å². The van der Waals surface area contributed by atoms with Gasteiger partial charge in [-0.05, 0) is 84.1 Å². The molecule has 0 aliphatic carbocycles. The summed E-state index contributed by atoms with van der Waals surface area (Å²) in [6.07, 6.45) is 0.790. The largest absolute Gasteiger partial charge is 0.507 e. The van der Waals surface area contributed by atoms with Gasteiger partial charge in [0.1, 0.15) is 28.6 Å². The Labute approximate surface area is 238 Å². The lowest BCUT2D eigenvalue weighted by Crippen LogP contribution is -2.40. The van der Waals surface area contributed by atoms with Gasteiger partial charge >= 0.3 is 0 Å². The molecule has 9 nitrogen and oxygen atoms in total. The van der Waals surface area contributed by atoms with E-state index < -0.39 is 6.10 Å². The molecule has 4 rings (SSSR count). The number of methoxy groups -OCH3 is 3. The number of phenols is 1. The summed E-state index contributed by atoms with van der Waals surface area (Å²) in [6.45, 7) is 8.43. The van der Waals surface area contributed by atoms with Crippen molar-refractivity contribution in [3.63, 3.8) is 0 Å². The van der Waals surface area contributed by atoms with Crippen molar-refractivity contribution in [2.75, 3.05) is 61.6 Å². The SMILES string of the molecule is COc1cc(C)c(C2CCN(C)C[C@H]2O)c(O)c1C(C)=O.COc1cc(C)c(C2CCN(C)C[C@H]2O)c(OC)c1. The maximum atomic E-state index is 11.8. The zero-order valence-electron chi connectivity index (χ0n) is 25.2. The molecule has 0 aromatic heterocycles. The molecule has 2 aromatic carbocycles. The van der Waals surface area contributed by atoms with E-state index in [1.165, 1.54) is 14.0 Å². The van der Waals surface area contributed by atoms with Gasteiger partial charge in [0, 0.05) is 42.1 Å². The Kier molecular flexibility index (Phi) is 10.8. The van der Waals surface area contributed by atoms with Crippen molar-refractivity contribution >= 4 is 5.78 Å². The summed E-state index contributed by atoms with van der Waals surface area (Å²) < 4.78 is 16.0. The third kappa shape index (κ3) is 6.89. The fraction of sp³-hybridized carbons (Fsp3) is 0.581. The number of aliphatic hydroxyl groups is 2. The van der Waals surface area contributed by atoms with Crippen LogP contribution in [0.1, 0.15) is 64.2 Å². The van der Waals surface area contributed by atoms with Crippen LogP contribution in [0.4, 0.5) is 0 Å². The monoisotopic (exact) mass is 558 g/mol. The standard InChI is InChI=1S/C16H23NO4.C15H23NO3/c1-9-7-13(21-4)15(10(2)18)16(20)14(9)11-5-6-17(3)8-12(11)19;1-10-7-11(18-3)8-14(19-4)15(10)12-5-6-16(2)9-13(12)17/h7,11-12,19-20H,5-6,8H2,1-4H3;7-8,12-13,17H,5-6,9H2,1-4H3/t11?,12-;12?,13-/m11/s1. The third-order valence-corrected chi connectivity index (χ3v) is 8.17. The molecule has 2 aromatic rings. The van der Waals surface area contributed by atoms with Crippen molar-refractivity contribution in [2.24, 2.45) is 0 Å². The molecular weight excluding hydrogens is 512 g/mol. The second kappa shape index (κ2) is 13.7. The zero-order valence-corrected chi connectivity index (χ0v) is 25.2. The third-order valence-electron chi connectivity index (χ3n) is 8.17. The number of aliphatic hydroxyl groups excluding tert-OH is 2. The molecule has 3 N–H and O–H groups in total. The maximum absolute atomic E-state index is 11.8. The number of rotatable bonds is 6. The van der Waals surface area contributed by atoms with E-state index in [1.807, 2.05) is 40.1 Å². The van der Waals surface area contributed by atoms with Gasteiger partial charge in [-0.1, -0.05) is 0 Å². The van der Waals surface area contributed by atoms with Crippen LogP contribution < -0.4 is 14.2 Å². The van der Waals surface area contributed by atoms with E-state index in [0.717, 1.165) is 54.1 Å². The van der Waals surface area contributed by atoms with Gasteiger partial charge in [-0.25, -0.2) is 0 Å². The molecule has 0 radical (unpaired) electrons. The van der Waals surface area contributed by atoms with E-state index in [1.54, 1.807) is 20.3 Å². The van der Waals surface area contributed by atoms with Crippen LogP contribution in [-0.4, -0.2) is 105 Å². The summed E-state index contributed by atoms with van der Waals surface area (Å²) >= 11 is 0. The number of nitrogens with zero attached hydrogens (tertiary/aromatic N) is 2. The Balaban J connectivity index is 0.000000222. The lowest BCUT2D eigenvalue weighted by atomic mass is 9.82. The topological polar surface area (TPSA) is 112 Å². The van der Waals surface area contributed by atoms with Crippen LogP contribution in [0.2, 0.25) is 0 Å². The minimum atomic E-state index is -0.554. The van der Waals surface area contributed by atoms with Gasteiger partial charge in [-0.2, -0.15) is 0 Å². The number of likely N-dealkylation sites (N-methyl/N-ethyl adjacent to an activating group) is 2. The number of aryl methyl sites for hydroxylation is 2. The van der Waals surface area contributed by atoms with Crippen molar-refractivity contribution in [2.45, 2.75) is 57.7 Å². The van der Waals surface area contributed by atoms with Gasteiger partial charge in [0.15, 0.2) is 5.78 Å². The second-order valence-corrected chi connectivity index (χ2v) is 11.1. The summed E-state index contributed by atoms with van der Waals surface area (Å²) in [5.74, 6) is 1.66. The number of piperidine rings is 2. The molecule has 2 aliphatic heterocycles. The average Bonchev–Trinajstić information content (AvgIpc) is 2.89. The van der Waals surface area contributed by atoms with E-state index >= 15 is 0 Å². The van der Waals surface area contributed by atoms with Crippen molar-refractivity contribution in [3.05, 3.63) is 46.0 Å². The van der Waals surface area contributed by atoms with Gasteiger partial charge in [0.05, 0.1) is 33.5 Å². The van der Waals surface area contributed by atoms with Crippen LogP contribution >= 0.6 is 0 Å². The molecule has 40 heavy (non-hydrogen) atoms. The summed E-state index contributed by atoms with van der Waals surface area (Å²) in [6, 6.07) is 5.66. The molecule has 2 fully saturated rings. The Morgan fingerprint density at radius 3 is 1.75 bits per heavy atom. The van der Waals surface area contributed by atoms with Gasteiger partial charge in [0.25, 0.3) is 0 Å². The Morgan fingerprint density at radius 1 is 0.800 bits per heavy atom. The summed E-state index contributed by atoms with van der Waals surface area (Å²) in [5.41, 5.74) is 3.93. The average molecular weight is 559 g/mol. The number of carbonyl (C=O) groups is 1. The van der Waals surface area contributed by atoms with E-state index in [2.05, 4.69) is 9.80 Å². The first kappa shape index (κ1) is 31.7. The summed E-state index contributed by atoms with van der Waals surface area (Å²) in [5, 5.41) is 31.2. The van der Waals surface area contributed by atoms with Crippen LogP contribution in [0.15, 0.2) is 18.2 Å². The highest BCUT2D eigenvalue weighted by molar-refractivity contribution is 6.00. The molecule has 0 saturated carbocycles. The van der Waals surface area contributed by atoms with E-state index in [0.29, 0.717) is 24.4 Å². The number of likely N-dealkylation sites (tertiary alicyclic amines) is 2. The van der Waals surface area contributed by atoms with E-state index in [4.69, 9.17) is 14.2 Å². The maximum Gasteiger partial charge on any atom is 0.167 e. The molecule has 0 spiro atoms. The first-order valence-electron chi connectivity index (χ1n) is 13.8. The number of β-amino-alcohol motifs (C(OH)–C–C–N with tert-alkyl or cyclic N) is 2. The number of carbonyl (C=O) groups excluding carboxylic acids is 1. The highest BCUT2D eigenvalue weighted by Gasteiger charge is 2.33. The fourth-order valence-electron chi connectivity index (χ4n) is 6.10. The van der Waals surface area contributed by atoms with Crippen molar-refractivity contribution < 1.29 is 34.3 Å². The van der Waals surface area contributed by atoms with Crippen LogP contribution in [0.3, 0.4) is 0 Å². The highest BCUT2D eigenvalue weighted by Crippen LogP contribution is 2.42. The lowest BCUT2D eigenvalue weighted by molar-refractivity contribution is 0.0624. The molecule has 2 heterocycles. The zero-order chi connectivity index (χ0) is 29.7. The molecule has 222 valence electrons. The van der Waals surface area contributed by atoms with Gasteiger partial charge in [-0.3, -0.25) is 4.79 Å². The normalized spacial score (nSPS) is 23.6. The highest BCUT2D eigenvalue weighted by atomic mass is 16.5. The second-order valence-electron chi connectivity index (χ2n) is 11.1. The molecule has 2 aliphatic rings. The van der Waals surface area contributed by atoms with Crippen LogP contribution in [-0.2, 0) is 0 Å². The predicted octanol–water partition coefficient (Wildman–Crippen LogP) is 3.48. The number of benzene rings is 2. The first-order chi connectivity index (χ1) is 18.9. The first-order valence-corrected chi connectivity index (χ1v) is 13.8. The molecule has 0 bridgehead atoms. The number of phenolic OH excluding ortho intramolecular Hbond substituents is 1. The quantitative estimate of drug-likeness (QED) is 0.459. The lowest BCUT2D eigenvalue weighted by Gasteiger charge is -2.35. The molecule has 2 saturated heterocycles. The number of hydrogen-bond acceptors (Lipinski definition) is 9. The Bertz CT molecular complexity index is 1190. The number of aromatic hydroxyl groups is 1. The van der Waals surface area contributed by atoms with E-state index in [-0.39, 0.29) is 35.0 Å². The molecule has 4 atom stereocenters. The molecule has 9 heteroatoms. The fourth-order valence-corrected chi connectivity index (χ4v) is 6.10. The van der Waals surface area contributed by atoms with E-state index in [9.17, 15) is 20.1 Å². The number of Topliss-reactive ketones (excluding diaryl/α,β-unsaturated/α-hetero) is 1. The molecule has 2 unspecified atom stereocenters. The van der Waals surface area contributed by atoms with Crippen molar-refractivity contribution in [3.8, 4) is 23.0 Å². The number of ether oxygens (including phenoxy) is 3. The van der Waals surface area contributed by atoms with Crippen LogP contribution in [0.25, 0.3) is 0 Å². The minimum absolute atomic E-state index is 0.0482. The Morgan fingerprint density at radius 2 is 1.30 bits per heavy atom. The smallest absolute Gasteiger partial charge is 0.167 e. The summed E-state index contributed by atoms with van der Waals surface area (Å²) in [7, 11) is 8.79. The number of hydrogen-bond donors (Lipinski definition) is 3. The van der Waals surface area contributed by atoms with Crippen molar-refractivity contribution in [1.29, 1.82) is 0 Å². The Hall–Kier alpha value is -2.85. The number of ketones is 1. The predicted molar refractivity (Wildman–Crippen MR) is 155 cm³/mol. The summed E-state index contributed by atoms with van der Waals surface area (Å²) in [4.78, 5) is 16.0.